The van der Waals surface area contributed by atoms with Crippen molar-refractivity contribution < 1.29 is 9.53 Å². The van der Waals surface area contributed by atoms with Crippen LogP contribution in [0.5, 0.6) is 0 Å². The van der Waals surface area contributed by atoms with Gasteiger partial charge in [0.2, 0.25) is 0 Å². The predicted octanol–water partition coefficient (Wildman–Crippen LogP) is 4.04. The van der Waals surface area contributed by atoms with Crippen molar-refractivity contribution in [1.82, 2.24) is 14.3 Å². The van der Waals surface area contributed by atoms with Crippen LogP contribution in [0.1, 0.15) is 16.2 Å². The molecule has 1 N–H and O–H groups in total. The number of hydrogen-bond donors (Lipinski definition) is 1. The van der Waals surface area contributed by atoms with E-state index in [2.05, 4.69) is 26.2 Å². The summed E-state index contributed by atoms with van der Waals surface area (Å²) in [4.78, 5) is 19.3. The quantitative estimate of drug-likeness (QED) is 0.653. The molecule has 1 aliphatic heterocycles. The Morgan fingerprint density at radius 1 is 1.22 bits per heavy atom. The third-order valence-corrected chi connectivity index (χ3v) is 4.97. The van der Waals surface area contributed by atoms with E-state index in [0.717, 1.165) is 27.2 Å². The number of anilines is 2. The van der Waals surface area contributed by atoms with Gasteiger partial charge in [0.25, 0.3) is 5.91 Å². The topological polar surface area (TPSA) is 58.9 Å². The average molecular weight is 452 g/mol. The molecule has 0 unspecified atom stereocenters. The monoisotopic (exact) mass is 450 g/mol. The number of carbonyl (C=O) groups is 1. The van der Waals surface area contributed by atoms with Crippen LogP contribution in [0.2, 0.25) is 0 Å². The molecule has 3 aromatic rings. The number of aromatic nitrogens is 2. The van der Waals surface area contributed by atoms with Gasteiger partial charge < -0.3 is 19.4 Å². The molecule has 0 aliphatic carbocycles. The lowest BCUT2D eigenvalue weighted by molar-refractivity contribution is 0.0297. The molecule has 142 valence electrons. The first kappa shape index (κ1) is 19.7. The van der Waals surface area contributed by atoms with E-state index in [1.54, 1.807) is 6.20 Å². The number of hydrogen-bond acceptors (Lipinski definition) is 4. The summed E-state index contributed by atoms with van der Waals surface area (Å²) in [5, 5.41) is 3.34. The van der Waals surface area contributed by atoms with E-state index in [0.29, 0.717) is 32.0 Å². The first-order valence-corrected chi connectivity index (χ1v) is 9.29. The van der Waals surface area contributed by atoms with Crippen LogP contribution in [-0.2, 0) is 4.74 Å². The van der Waals surface area contributed by atoms with Gasteiger partial charge in [-0.2, -0.15) is 0 Å². The van der Waals surface area contributed by atoms with E-state index in [9.17, 15) is 4.79 Å². The van der Waals surface area contributed by atoms with E-state index in [1.165, 1.54) is 0 Å². The number of morpholine rings is 1. The minimum absolute atomic E-state index is 0. The summed E-state index contributed by atoms with van der Waals surface area (Å²) in [7, 11) is 0. The molecule has 1 fully saturated rings. The summed E-state index contributed by atoms with van der Waals surface area (Å²) in [5.41, 5.74) is 3.38. The largest absolute Gasteiger partial charge is 0.378 e. The number of fused-ring (bicyclic) bond motifs is 1. The van der Waals surface area contributed by atoms with Crippen LogP contribution in [-0.4, -0.2) is 46.5 Å². The SMILES string of the molecule is Cc1ccc2c(Nc3cccc(Br)c3)ncc(C(=O)N3CCOCC3)n12.Cl. The second-order valence-electron chi connectivity index (χ2n) is 6.23. The highest BCUT2D eigenvalue weighted by Crippen LogP contribution is 2.25. The highest BCUT2D eigenvalue weighted by Gasteiger charge is 2.22. The van der Waals surface area contributed by atoms with Crippen LogP contribution >= 0.6 is 28.3 Å². The molecule has 0 bridgehead atoms. The average Bonchev–Trinajstić information content (AvgIpc) is 3.05. The summed E-state index contributed by atoms with van der Waals surface area (Å²) in [5.74, 6) is 0.703. The van der Waals surface area contributed by atoms with E-state index in [1.807, 2.05) is 52.6 Å². The second kappa shape index (κ2) is 8.29. The highest BCUT2D eigenvalue weighted by molar-refractivity contribution is 9.10. The van der Waals surface area contributed by atoms with E-state index in [4.69, 9.17) is 4.74 Å². The van der Waals surface area contributed by atoms with Crippen molar-refractivity contribution >= 4 is 51.3 Å². The third-order valence-electron chi connectivity index (χ3n) is 4.48. The molecule has 1 saturated heterocycles. The maximum atomic E-state index is 13.0. The molecule has 8 heteroatoms. The highest BCUT2D eigenvalue weighted by atomic mass is 79.9. The van der Waals surface area contributed by atoms with Gasteiger partial charge in [-0.15, -0.1) is 12.4 Å². The van der Waals surface area contributed by atoms with Crippen molar-refractivity contribution in [2.45, 2.75) is 6.92 Å². The number of rotatable bonds is 3. The van der Waals surface area contributed by atoms with Gasteiger partial charge >= 0.3 is 0 Å². The number of nitrogens with one attached hydrogen (secondary N) is 1. The van der Waals surface area contributed by atoms with Crippen molar-refractivity contribution in [2.24, 2.45) is 0 Å². The summed E-state index contributed by atoms with van der Waals surface area (Å²) >= 11 is 3.48. The molecule has 1 aliphatic rings. The molecule has 4 rings (SSSR count). The Bertz CT molecular complexity index is 969. The molecule has 2 aromatic heterocycles. The lowest BCUT2D eigenvalue weighted by atomic mass is 10.3. The molecular weight excluding hydrogens is 432 g/mol. The number of ether oxygens (including phenoxy) is 1. The van der Waals surface area contributed by atoms with Gasteiger partial charge in [0, 0.05) is 28.9 Å². The number of aryl methyl sites for hydroxylation is 1. The third kappa shape index (κ3) is 3.95. The normalized spacial score (nSPS) is 14.1. The predicted molar refractivity (Wildman–Crippen MR) is 111 cm³/mol. The molecule has 0 radical (unpaired) electrons. The van der Waals surface area contributed by atoms with Crippen molar-refractivity contribution in [2.75, 3.05) is 31.6 Å². The van der Waals surface area contributed by atoms with Crippen LogP contribution in [0.15, 0.2) is 47.1 Å². The molecule has 6 nitrogen and oxygen atoms in total. The fourth-order valence-corrected chi connectivity index (χ4v) is 3.57. The zero-order valence-corrected chi connectivity index (χ0v) is 17.2. The zero-order chi connectivity index (χ0) is 18.1. The van der Waals surface area contributed by atoms with Crippen LogP contribution in [0.4, 0.5) is 11.5 Å². The van der Waals surface area contributed by atoms with E-state index >= 15 is 0 Å². The number of benzene rings is 1. The minimum atomic E-state index is -0.0147. The number of carbonyl (C=O) groups excluding carboxylic acids is 1. The van der Waals surface area contributed by atoms with Gasteiger partial charge in [0.05, 0.1) is 24.9 Å². The Kier molecular flexibility index (Phi) is 6.04. The van der Waals surface area contributed by atoms with Crippen molar-refractivity contribution in [3.63, 3.8) is 0 Å². The fraction of sp³-hybridized carbons (Fsp3) is 0.263. The van der Waals surface area contributed by atoms with Crippen molar-refractivity contribution in [3.8, 4) is 0 Å². The Morgan fingerprint density at radius 3 is 2.74 bits per heavy atom. The number of nitrogens with zero attached hydrogens (tertiary/aromatic N) is 3. The van der Waals surface area contributed by atoms with Gasteiger partial charge in [0.15, 0.2) is 5.82 Å². The summed E-state index contributed by atoms with van der Waals surface area (Å²) in [6, 6.07) is 11.9. The lowest BCUT2D eigenvalue weighted by Crippen LogP contribution is -2.41. The summed E-state index contributed by atoms with van der Waals surface area (Å²) < 4.78 is 8.30. The van der Waals surface area contributed by atoms with Crippen LogP contribution < -0.4 is 5.32 Å². The fourth-order valence-electron chi connectivity index (χ4n) is 3.17. The molecule has 1 aromatic carbocycles. The lowest BCUT2D eigenvalue weighted by Gasteiger charge is -2.27. The first-order valence-electron chi connectivity index (χ1n) is 8.50. The standard InChI is InChI=1S/C19H19BrN4O2.ClH/c1-13-5-6-16-18(22-15-4-2-3-14(20)11-15)21-12-17(24(13)16)19(25)23-7-9-26-10-8-23;/h2-6,11-12H,7-10H2,1H3,(H,21,22);1H. The molecule has 3 heterocycles. The molecule has 0 spiro atoms. The Morgan fingerprint density at radius 2 is 2.00 bits per heavy atom. The molecule has 0 atom stereocenters. The van der Waals surface area contributed by atoms with Crippen LogP contribution in [0.3, 0.4) is 0 Å². The van der Waals surface area contributed by atoms with Gasteiger partial charge in [-0.25, -0.2) is 4.98 Å². The minimum Gasteiger partial charge on any atom is -0.378 e. The molecule has 27 heavy (non-hydrogen) atoms. The van der Waals surface area contributed by atoms with Crippen molar-refractivity contribution in [3.05, 3.63) is 58.5 Å². The Labute approximate surface area is 172 Å². The summed E-state index contributed by atoms with van der Waals surface area (Å²) in [6.45, 7) is 4.37. The maximum absolute atomic E-state index is 13.0. The van der Waals surface area contributed by atoms with Gasteiger partial charge in [-0.05, 0) is 37.3 Å². The molecular formula is C19H20BrClN4O2. The van der Waals surface area contributed by atoms with Gasteiger partial charge in [-0.3, -0.25) is 4.79 Å². The Balaban J connectivity index is 0.00000210. The van der Waals surface area contributed by atoms with Crippen LogP contribution in [0.25, 0.3) is 5.52 Å². The zero-order valence-electron chi connectivity index (χ0n) is 14.8. The van der Waals surface area contributed by atoms with Gasteiger partial charge in [-0.1, -0.05) is 22.0 Å². The van der Waals surface area contributed by atoms with Crippen molar-refractivity contribution in [1.29, 1.82) is 0 Å². The number of amides is 1. The van der Waals surface area contributed by atoms with E-state index < -0.39 is 0 Å². The second-order valence-corrected chi connectivity index (χ2v) is 7.14. The Hall–Kier alpha value is -2.09. The smallest absolute Gasteiger partial charge is 0.272 e. The van der Waals surface area contributed by atoms with E-state index in [-0.39, 0.29) is 18.3 Å². The molecule has 1 amide bonds. The molecule has 0 saturated carbocycles. The summed E-state index contributed by atoms with van der Waals surface area (Å²) in [6.07, 6.45) is 1.65. The van der Waals surface area contributed by atoms with Crippen LogP contribution in [0, 0.1) is 6.92 Å². The number of halogens is 2. The van der Waals surface area contributed by atoms with Gasteiger partial charge in [0.1, 0.15) is 5.69 Å². The maximum Gasteiger partial charge on any atom is 0.272 e. The first-order chi connectivity index (χ1) is 12.6.